The molecule has 1 heterocycles. The van der Waals surface area contributed by atoms with Crippen molar-refractivity contribution >= 4 is 11.9 Å². The van der Waals surface area contributed by atoms with Gasteiger partial charge in [-0.25, -0.2) is 0 Å². The van der Waals surface area contributed by atoms with Crippen LogP contribution in [0.5, 0.6) is 0 Å². The molecule has 35 heavy (non-hydrogen) atoms. The minimum atomic E-state index is -1.68. The molecule has 206 valence electrons. The van der Waals surface area contributed by atoms with E-state index in [1.165, 1.54) is 0 Å². The van der Waals surface area contributed by atoms with Gasteiger partial charge in [0.15, 0.2) is 6.29 Å². The van der Waals surface area contributed by atoms with Crippen molar-refractivity contribution in [2.45, 2.75) is 133 Å². The van der Waals surface area contributed by atoms with E-state index in [9.17, 15) is 40.2 Å². The molecule has 0 spiro atoms. The number of hydrogen-bond acceptors (Lipinski definition) is 10. The Morgan fingerprint density at radius 3 is 2.09 bits per heavy atom. The first-order chi connectivity index (χ1) is 16.6. The topological polar surface area (TPSA) is 183 Å². The quantitative estimate of drug-likeness (QED) is 0.114. The highest BCUT2D eigenvalue weighted by Crippen LogP contribution is 2.26. The van der Waals surface area contributed by atoms with E-state index in [4.69, 9.17) is 14.2 Å². The third-order valence-electron chi connectivity index (χ3n) is 6.07. The lowest BCUT2D eigenvalue weighted by Crippen LogP contribution is -2.59. The zero-order valence-corrected chi connectivity index (χ0v) is 20.8. The summed E-state index contributed by atoms with van der Waals surface area (Å²) in [5.41, 5.74) is 0. The predicted molar refractivity (Wildman–Crippen MR) is 124 cm³/mol. The van der Waals surface area contributed by atoms with Crippen LogP contribution in [-0.4, -0.2) is 98.2 Å². The number of rotatable bonds is 18. The second-order valence-electron chi connectivity index (χ2n) is 9.25. The van der Waals surface area contributed by atoms with Gasteiger partial charge in [-0.05, 0) is 19.3 Å². The van der Waals surface area contributed by atoms with E-state index in [1.807, 2.05) is 13.8 Å². The van der Waals surface area contributed by atoms with Gasteiger partial charge in [0, 0.05) is 6.42 Å². The first-order valence-electron chi connectivity index (χ1n) is 12.7. The fourth-order valence-electron chi connectivity index (χ4n) is 4.05. The maximum Gasteiger partial charge on any atom is 0.308 e. The van der Waals surface area contributed by atoms with Crippen LogP contribution in [0.4, 0.5) is 0 Å². The number of aliphatic hydroxyl groups is 5. The van der Waals surface area contributed by atoms with Gasteiger partial charge in [-0.2, -0.15) is 0 Å². The zero-order valence-electron chi connectivity index (χ0n) is 20.8. The molecule has 0 aromatic rings. The van der Waals surface area contributed by atoms with E-state index in [-0.39, 0.29) is 12.8 Å². The van der Waals surface area contributed by atoms with E-state index in [2.05, 4.69) is 0 Å². The van der Waals surface area contributed by atoms with Crippen LogP contribution in [0.25, 0.3) is 0 Å². The molecule has 1 saturated heterocycles. The Bertz CT molecular complexity index is 600. The summed E-state index contributed by atoms with van der Waals surface area (Å²) < 4.78 is 16.6. The summed E-state index contributed by atoms with van der Waals surface area (Å²) >= 11 is 0. The lowest BCUT2D eigenvalue weighted by molar-refractivity contribution is -0.312. The number of carbonyl (C=O) groups is 2. The number of hydrogen-bond donors (Lipinski definition) is 6. The third-order valence-corrected chi connectivity index (χ3v) is 6.07. The van der Waals surface area contributed by atoms with Crippen molar-refractivity contribution in [3.05, 3.63) is 0 Å². The molecule has 1 fully saturated rings. The lowest BCUT2D eigenvalue weighted by Gasteiger charge is -2.41. The largest absolute Gasteiger partial charge is 0.481 e. The van der Waals surface area contributed by atoms with Gasteiger partial charge in [-0.3, -0.25) is 9.59 Å². The highest BCUT2D eigenvalue weighted by Gasteiger charge is 2.45. The number of carbonyl (C=O) groups excluding carboxylic acids is 1. The van der Waals surface area contributed by atoms with Crippen LogP contribution in [0, 0.1) is 0 Å². The van der Waals surface area contributed by atoms with Crippen molar-refractivity contribution in [1.29, 1.82) is 0 Å². The van der Waals surface area contributed by atoms with Crippen molar-refractivity contribution < 1.29 is 54.4 Å². The average molecular weight is 509 g/mol. The Balaban J connectivity index is 2.85. The Morgan fingerprint density at radius 2 is 1.51 bits per heavy atom. The normalized spacial score (nSPS) is 27.2. The Hall–Kier alpha value is -1.34. The molecule has 1 aliphatic rings. The predicted octanol–water partition coefficient (Wildman–Crippen LogP) is 0.860. The van der Waals surface area contributed by atoms with Gasteiger partial charge < -0.3 is 44.8 Å². The van der Waals surface area contributed by atoms with Crippen molar-refractivity contribution in [3.63, 3.8) is 0 Å². The van der Waals surface area contributed by atoms with Gasteiger partial charge in [-0.1, -0.05) is 46.0 Å². The second-order valence-corrected chi connectivity index (χ2v) is 9.25. The minimum absolute atomic E-state index is 0.0112. The molecule has 11 nitrogen and oxygen atoms in total. The number of aliphatic hydroxyl groups excluding tert-OH is 5. The van der Waals surface area contributed by atoms with E-state index in [0.717, 1.165) is 38.5 Å². The highest BCUT2D eigenvalue weighted by atomic mass is 16.7. The van der Waals surface area contributed by atoms with E-state index >= 15 is 0 Å². The summed E-state index contributed by atoms with van der Waals surface area (Å²) in [5, 5.41) is 59.0. The van der Waals surface area contributed by atoms with Gasteiger partial charge in [0.1, 0.15) is 30.5 Å². The average Bonchev–Trinajstić information content (AvgIpc) is 2.79. The molecule has 0 amide bonds. The smallest absolute Gasteiger partial charge is 0.308 e. The molecule has 11 heteroatoms. The van der Waals surface area contributed by atoms with Crippen LogP contribution in [-0.2, 0) is 23.8 Å². The molecule has 0 bridgehead atoms. The third kappa shape index (κ3) is 12.0. The second kappa shape index (κ2) is 17.2. The fraction of sp³-hybridized carbons (Fsp3) is 0.917. The summed E-state index contributed by atoms with van der Waals surface area (Å²) in [6, 6.07) is 0. The van der Waals surface area contributed by atoms with Gasteiger partial charge in [0.2, 0.25) is 0 Å². The van der Waals surface area contributed by atoms with E-state index < -0.39 is 74.0 Å². The van der Waals surface area contributed by atoms with Crippen molar-refractivity contribution in [2.75, 3.05) is 6.61 Å². The number of carboxylic acid groups (broad SMARTS) is 1. The van der Waals surface area contributed by atoms with Crippen molar-refractivity contribution in [2.24, 2.45) is 0 Å². The summed E-state index contributed by atoms with van der Waals surface area (Å²) in [4.78, 5) is 23.9. The van der Waals surface area contributed by atoms with Crippen molar-refractivity contribution in [1.82, 2.24) is 0 Å². The molecule has 8 atom stereocenters. The maximum absolute atomic E-state index is 12.4. The number of unbranched alkanes of at least 4 members (excludes halogenated alkanes) is 4. The molecular formula is C24H44O11. The zero-order chi connectivity index (χ0) is 26.4. The highest BCUT2D eigenvalue weighted by molar-refractivity contribution is 5.70. The number of esters is 1. The summed E-state index contributed by atoms with van der Waals surface area (Å²) in [5.74, 6) is -1.78. The first-order valence-corrected chi connectivity index (χ1v) is 12.7. The summed E-state index contributed by atoms with van der Waals surface area (Å²) in [7, 11) is 0. The molecule has 0 saturated carbocycles. The Morgan fingerprint density at radius 1 is 0.886 bits per heavy atom. The lowest BCUT2D eigenvalue weighted by atomic mass is 9.98. The van der Waals surface area contributed by atoms with Crippen LogP contribution in [0.2, 0.25) is 0 Å². The number of aliphatic carboxylic acids is 1. The minimum Gasteiger partial charge on any atom is -0.481 e. The SMILES string of the molecule is CCCCC[C@H](O)CC(=O)O[C@H](CCCCC)C[C@H](CC(=O)O)O[C@@H]1O[C@H](CO)[C@@H](O)[C@H](O)[C@@H]1O. The Kier molecular flexibility index (Phi) is 15.5. The maximum atomic E-state index is 12.4. The van der Waals surface area contributed by atoms with Crippen LogP contribution in [0.1, 0.15) is 84.5 Å². The van der Waals surface area contributed by atoms with E-state index in [1.54, 1.807) is 0 Å². The van der Waals surface area contributed by atoms with Crippen LogP contribution in [0.15, 0.2) is 0 Å². The molecule has 1 rings (SSSR count). The van der Waals surface area contributed by atoms with Crippen molar-refractivity contribution in [3.8, 4) is 0 Å². The molecule has 0 radical (unpaired) electrons. The van der Waals surface area contributed by atoms with Gasteiger partial charge >= 0.3 is 11.9 Å². The van der Waals surface area contributed by atoms with Crippen LogP contribution in [0.3, 0.4) is 0 Å². The number of carboxylic acids is 1. The first kappa shape index (κ1) is 31.7. The summed E-state index contributed by atoms with van der Waals surface area (Å²) in [6.45, 7) is 3.41. The Labute approximate surface area is 207 Å². The van der Waals surface area contributed by atoms with Gasteiger partial charge in [0.05, 0.1) is 31.7 Å². The molecule has 0 aromatic heterocycles. The number of ether oxygens (including phenoxy) is 3. The standard InChI is InChI=1S/C24H44O11/c1-3-5-7-9-15(26)11-20(29)33-16(10-8-6-4-2)12-17(13-19(27)28)34-24-23(32)22(31)21(30)18(14-25)35-24/h15-18,21-26,30-32H,3-14H2,1-2H3,(H,27,28)/t15-,16+,17+,18+,21+,22-,23-,24+/m0/s1. The van der Waals surface area contributed by atoms with Crippen LogP contribution < -0.4 is 0 Å². The molecule has 1 aliphatic heterocycles. The van der Waals surface area contributed by atoms with Crippen LogP contribution >= 0.6 is 0 Å². The fourth-order valence-corrected chi connectivity index (χ4v) is 4.05. The molecule has 0 aromatic carbocycles. The van der Waals surface area contributed by atoms with Gasteiger partial charge in [0.25, 0.3) is 0 Å². The molecule has 0 unspecified atom stereocenters. The molecular weight excluding hydrogens is 464 g/mol. The summed E-state index contributed by atoms with van der Waals surface area (Å²) in [6.07, 6.45) is -4.58. The monoisotopic (exact) mass is 508 g/mol. The van der Waals surface area contributed by atoms with Gasteiger partial charge in [-0.15, -0.1) is 0 Å². The molecule has 6 N–H and O–H groups in total. The van der Waals surface area contributed by atoms with E-state index in [0.29, 0.717) is 12.8 Å². The molecule has 0 aliphatic carbocycles.